The fraction of sp³-hybridized carbons (Fsp3) is 0.714. The molecule has 1 aliphatic carbocycles. The molecule has 0 amide bonds. The van der Waals surface area contributed by atoms with Crippen molar-refractivity contribution in [2.24, 2.45) is 5.92 Å². The van der Waals surface area contributed by atoms with Gasteiger partial charge in [-0.3, -0.25) is 10.1 Å². The maximum absolute atomic E-state index is 10.3. The third kappa shape index (κ3) is 2.01. The van der Waals surface area contributed by atoms with E-state index >= 15 is 0 Å². The zero-order valence-corrected chi connectivity index (χ0v) is 6.19. The van der Waals surface area contributed by atoms with Gasteiger partial charge in [-0.2, -0.15) is 0 Å². The standard InChI is InChI=1S/C7H11NO3/c9-5-6-2-1-3-7(4-6)8(10)11/h3,6,9H,1-2,4-5H2/t6-/m1/s1. The Kier molecular flexibility index (Phi) is 2.59. The van der Waals surface area contributed by atoms with Crippen LogP contribution in [0.4, 0.5) is 0 Å². The molecule has 0 fully saturated rings. The van der Waals surface area contributed by atoms with E-state index in [0.717, 1.165) is 12.8 Å². The molecule has 4 nitrogen and oxygen atoms in total. The summed E-state index contributed by atoms with van der Waals surface area (Å²) in [5.41, 5.74) is 0.260. The van der Waals surface area contributed by atoms with Crippen LogP contribution in [0.15, 0.2) is 11.8 Å². The molecular formula is C7H11NO3. The van der Waals surface area contributed by atoms with Crippen LogP contribution < -0.4 is 0 Å². The van der Waals surface area contributed by atoms with Crippen molar-refractivity contribution in [2.45, 2.75) is 19.3 Å². The molecule has 1 atom stereocenters. The van der Waals surface area contributed by atoms with E-state index in [1.54, 1.807) is 6.08 Å². The number of hydrogen-bond acceptors (Lipinski definition) is 3. The highest BCUT2D eigenvalue weighted by Gasteiger charge is 2.21. The molecular weight excluding hydrogens is 146 g/mol. The van der Waals surface area contributed by atoms with Crippen LogP contribution in [-0.4, -0.2) is 16.6 Å². The molecule has 0 aliphatic heterocycles. The van der Waals surface area contributed by atoms with Gasteiger partial charge in [0.05, 0.1) is 4.92 Å². The van der Waals surface area contributed by atoms with Gasteiger partial charge in [-0.1, -0.05) is 0 Å². The number of aliphatic hydroxyl groups excluding tert-OH is 1. The molecule has 0 saturated carbocycles. The van der Waals surface area contributed by atoms with Crippen LogP contribution in [-0.2, 0) is 0 Å². The maximum Gasteiger partial charge on any atom is 0.242 e. The van der Waals surface area contributed by atoms with Crippen LogP contribution in [0.3, 0.4) is 0 Å². The number of allylic oxidation sites excluding steroid dienone is 2. The third-order valence-electron chi connectivity index (χ3n) is 1.95. The Labute approximate surface area is 64.7 Å². The SMILES string of the molecule is O=[N+]([O-])C1=CCC[C@@H](CO)C1. The molecule has 1 rings (SSSR count). The third-order valence-corrected chi connectivity index (χ3v) is 1.95. The van der Waals surface area contributed by atoms with Crippen molar-refractivity contribution in [1.82, 2.24) is 0 Å². The van der Waals surface area contributed by atoms with E-state index in [1.807, 2.05) is 0 Å². The monoisotopic (exact) mass is 157 g/mol. The van der Waals surface area contributed by atoms with E-state index in [-0.39, 0.29) is 23.1 Å². The molecule has 0 bridgehead atoms. The maximum atomic E-state index is 10.3. The molecule has 4 heteroatoms. The van der Waals surface area contributed by atoms with Gasteiger partial charge >= 0.3 is 0 Å². The van der Waals surface area contributed by atoms with Gasteiger partial charge < -0.3 is 5.11 Å². The lowest BCUT2D eigenvalue weighted by atomic mass is 9.93. The molecule has 0 radical (unpaired) electrons. The molecule has 0 unspecified atom stereocenters. The van der Waals surface area contributed by atoms with Crippen molar-refractivity contribution in [1.29, 1.82) is 0 Å². The molecule has 0 aromatic carbocycles. The van der Waals surface area contributed by atoms with Gasteiger partial charge in [0, 0.05) is 13.0 Å². The van der Waals surface area contributed by atoms with Gasteiger partial charge in [0.1, 0.15) is 0 Å². The Hall–Kier alpha value is -0.900. The van der Waals surface area contributed by atoms with E-state index in [1.165, 1.54) is 0 Å². The lowest BCUT2D eigenvalue weighted by Crippen LogP contribution is -2.14. The van der Waals surface area contributed by atoms with Gasteiger partial charge in [-0.05, 0) is 24.8 Å². The summed E-state index contributed by atoms with van der Waals surface area (Å²) in [6.07, 6.45) is 3.66. The van der Waals surface area contributed by atoms with Crippen LogP contribution in [0.25, 0.3) is 0 Å². The average Bonchev–Trinajstić information content (AvgIpc) is 2.05. The second-order valence-electron chi connectivity index (χ2n) is 2.78. The molecule has 0 heterocycles. The van der Waals surface area contributed by atoms with Gasteiger partial charge in [-0.15, -0.1) is 0 Å². The van der Waals surface area contributed by atoms with Gasteiger partial charge in [-0.25, -0.2) is 0 Å². The summed E-state index contributed by atoms with van der Waals surface area (Å²) in [5.74, 6) is 0.0976. The Morgan fingerprint density at radius 3 is 3.09 bits per heavy atom. The van der Waals surface area contributed by atoms with Crippen LogP contribution >= 0.6 is 0 Å². The Morgan fingerprint density at radius 2 is 2.55 bits per heavy atom. The molecule has 0 spiro atoms. The minimum absolute atomic E-state index is 0.0607. The molecule has 1 N–H and O–H groups in total. The number of nitrogens with zero attached hydrogens (tertiary/aromatic N) is 1. The summed E-state index contributed by atoms with van der Waals surface area (Å²) in [7, 11) is 0. The van der Waals surface area contributed by atoms with E-state index in [4.69, 9.17) is 5.11 Å². The number of hydrogen-bond donors (Lipinski definition) is 1. The first-order chi connectivity index (χ1) is 5.24. The molecule has 62 valence electrons. The fourth-order valence-corrected chi connectivity index (χ4v) is 1.27. The van der Waals surface area contributed by atoms with Crippen molar-refractivity contribution in [3.8, 4) is 0 Å². The van der Waals surface area contributed by atoms with Gasteiger partial charge in [0.2, 0.25) is 5.70 Å². The summed E-state index contributed by atoms with van der Waals surface area (Å²) in [6, 6.07) is 0. The van der Waals surface area contributed by atoms with Crippen molar-refractivity contribution in [2.75, 3.05) is 6.61 Å². The second kappa shape index (κ2) is 3.48. The summed E-state index contributed by atoms with van der Waals surface area (Å²) in [4.78, 5) is 9.91. The van der Waals surface area contributed by atoms with Crippen molar-refractivity contribution in [3.05, 3.63) is 21.9 Å². The largest absolute Gasteiger partial charge is 0.396 e. The first kappa shape index (κ1) is 8.20. The summed E-state index contributed by atoms with van der Waals surface area (Å²) >= 11 is 0. The second-order valence-corrected chi connectivity index (χ2v) is 2.78. The minimum atomic E-state index is -0.359. The molecule has 11 heavy (non-hydrogen) atoms. The molecule has 0 aromatic heterocycles. The topological polar surface area (TPSA) is 63.4 Å². The first-order valence-corrected chi connectivity index (χ1v) is 3.68. The van der Waals surface area contributed by atoms with Crippen LogP contribution in [0.5, 0.6) is 0 Å². The van der Waals surface area contributed by atoms with Gasteiger partial charge in [0.15, 0.2) is 0 Å². The summed E-state index contributed by atoms with van der Waals surface area (Å²) in [5, 5.41) is 19.0. The predicted molar refractivity (Wildman–Crippen MR) is 39.5 cm³/mol. The number of aliphatic hydroxyl groups is 1. The van der Waals surface area contributed by atoms with E-state index in [2.05, 4.69) is 0 Å². The van der Waals surface area contributed by atoms with E-state index in [9.17, 15) is 10.1 Å². The van der Waals surface area contributed by atoms with Crippen LogP contribution in [0.2, 0.25) is 0 Å². The number of nitro groups is 1. The Balaban J connectivity index is 2.55. The van der Waals surface area contributed by atoms with Crippen LogP contribution in [0.1, 0.15) is 19.3 Å². The average molecular weight is 157 g/mol. The summed E-state index contributed by atoms with van der Waals surface area (Å²) < 4.78 is 0. The number of rotatable bonds is 2. The van der Waals surface area contributed by atoms with E-state index in [0.29, 0.717) is 6.42 Å². The normalized spacial score (nSPS) is 24.5. The Morgan fingerprint density at radius 1 is 1.82 bits per heavy atom. The lowest BCUT2D eigenvalue weighted by Gasteiger charge is -2.14. The lowest BCUT2D eigenvalue weighted by molar-refractivity contribution is -0.430. The van der Waals surface area contributed by atoms with Gasteiger partial charge in [0.25, 0.3) is 0 Å². The first-order valence-electron chi connectivity index (χ1n) is 3.68. The quantitative estimate of drug-likeness (QED) is 0.479. The summed E-state index contributed by atoms with van der Waals surface area (Å²) in [6.45, 7) is 0.0607. The fourth-order valence-electron chi connectivity index (χ4n) is 1.27. The van der Waals surface area contributed by atoms with E-state index < -0.39 is 0 Å². The Bertz CT molecular complexity index is 188. The molecule has 1 aliphatic rings. The smallest absolute Gasteiger partial charge is 0.242 e. The van der Waals surface area contributed by atoms with Crippen molar-refractivity contribution in [3.63, 3.8) is 0 Å². The van der Waals surface area contributed by atoms with Crippen molar-refractivity contribution < 1.29 is 10.0 Å². The van der Waals surface area contributed by atoms with Crippen molar-refractivity contribution >= 4 is 0 Å². The highest BCUT2D eigenvalue weighted by atomic mass is 16.6. The molecule has 0 saturated heterocycles. The zero-order chi connectivity index (χ0) is 8.27. The predicted octanol–water partition coefficient (Wildman–Crippen LogP) is 0.939. The highest BCUT2D eigenvalue weighted by molar-refractivity contribution is 4.97. The minimum Gasteiger partial charge on any atom is -0.396 e. The van der Waals surface area contributed by atoms with Crippen LogP contribution in [0, 0.1) is 16.0 Å². The molecule has 0 aromatic rings. The zero-order valence-electron chi connectivity index (χ0n) is 6.19. The highest BCUT2D eigenvalue weighted by Crippen LogP contribution is 2.23.